The van der Waals surface area contributed by atoms with Crippen molar-refractivity contribution in [1.82, 2.24) is 0 Å². The summed E-state index contributed by atoms with van der Waals surface area (Å²) in [5, 5.41) is 8.31. The van der Waals surface area contributed by atoms with Crippen molar-refractivity contribution in [2.24, 2.45) is 0 Å². The van der Waals surface area contributed by atoms with E-state index in [0.717, 1.165) is 0 Å². The summed E-state index contributed by atoms with van der Waals surface area (Å²) in [6.45, 7) is -1.53. The van der Waals surface area contributed by atoms with E-state index in [-0.39, 0.29) is 0 Å². The van der Waals surface area contributed by atoms with Crippen LogP contribution in [-0.2, 0) is 5.92 Å². The first-order valence-electron chi connectivity index (χ1n) is 3.53. The van der Waals surface area contributed by atoms with Crippen LogP contribution in [0.3, 0.4) is 0 Å². The van der Waals surface area contributed by atoms with Crippen molar-refractivity contribution >= 4 is 15.9 Å². The summed E-state index contributed by atoms with van der Waals surface area (Å²) in [6.07, 6.45) is 0. The minimum Gasteiger partial charge on any atom is -0.390 e. The molecule has 0 saturated heterocycles. The van der Waals surface area contributed by atoms with E-state index in [0.29, 0.717) is 12.1 Å². The van der Waals surface area contributed by atoms with Gasteiger partial charge >= 0.3 is 0 Å². The molecule has 0 aliphatic carbocycles. The van der Waals surface area contributed by atoms with Crippen LogP contribution in [0, 0.1) is 11.6 Å². The molecule has 1 aromatic carbocycles. The number of hydrogen-bond donors (Lipinski definition) is 1. The van der Waals surface area contributed by atoms with Gasteiger partial charge in [0.25, 0.3) is 5.92 Å². The number of aliphatic hydroxyl groups excluding tert-OH is 1. The second-order valence-electron chi connectivity index (χ2n) is 2.59. The molecule has 78 valence electrons. The fourth-order valence-electron chi connectivity index (χ4n) is 0.894. The van der Waals surface area contributed by atoms with Crippen molar-refractivity contribution in [2.75, 3.05) is 6.61 Å². The Balaban J connectivity index is 3.31. The molecule has 0 radical (unpaired) electrons. The van der Waals surface area contributed by atoms with Crippen LogP contribution in [-0.4, -0.2) is 11.7 Å². The van der Waals surface area contributed by atoms with E-state index < -0.39 is 34.2 Å². The molecule has 0 spiro atoms. The summed E-state index contributed by atoms with van der Waals surface area (Å²) in [5.41, 5.74) is -1.03. The van der Waals surface area contributed by atoms with Gasteiger partial charge in [0, 0.05) is 0 Å². The molecule has 0 aliphatic rings. The summed E-state index contributed by atoms with van der Waals surface area (Å²) >= 11 is 2.49. The van der Waals surface area contributed by atoms with Gasteiger partial charge in [0.05, 0.1) is 10.0 Å². The Labute approximate surface area is 85.5 Å². The fourth-order valence-corrected chi connectivity index (χ4v) is 1.24. The molecule has 0 bridgehead atoms. The van der Waals surface area contributed by atoms with Gasteiger partial charge in [-0.25, -0.2) is 8.78 Å². The van der Waals surface area contributed by atoms with Gasteiger partial charge in [0.1, 0.15) is 18.2 Å². The van der Waals surface area contributed by atoms with Crippen LogP contribution in [0.15, 0.2) is 16.6 Å². The molecule has 1 aromatic rings. The maximum absolute atomic E-state index is 13.1. The third-order valence-electron chi connectivity index (χ3n) is 1.63. The molecule has 1 rings (SSSR count). The molecule has 0 aromatic heterocycles. The van der Waals surface area contributed by atoms with Crippen LogP contribution in [0.1, 0.15) is 5.56 Å². The monoisotopic (exact) mass is 272 g/mol. The second kappa shape index (κ2) is 3.86. The number of alkyl halides is 2. The Bertz CT molecular complexity index is 353. The fraction of sp³-hybridized carbons (Fsp3) is 0.250. The molecule has 6 heteroatoms. The lowest BCUT2D eigenvalue weighted by Gasteiger charge is -2.14. The second-order valence-corrected chi connectivity index (χ2v) is 3.38. The molecular formula is C8H5BrF4O. The van der Waals surface area contributed by atoms with Crippen LogP contribution in [0.5, 0.6) is 0 Å². The maximum Gasteiger partial charge on any atom is 0.298 e. The van der Waals surface area contributed by atoms with E-state index in [1.165, 1.54) is 0 Å². The van der Waals surface area contributed by atoms with Crippen molar-refractivity contribution in [3.05, 3.63) is 33.8 Å². The van der Waals surface area contributed by atoms with Crippen molar-refractivity contribution in [1.29, 1.82) is 0 Å². The van der Waals surface area contributed by atoms with Gasteiger partial charge in [-0.1, -0.05) is 0 Å². The highest BCUT2D eigenvalue weighted by Crippen LogP contribution is 2.33. The molecular weight excluding hydrogens is 268 g/mol. The zero-order valence-electron chi connectivity index (χ0n) is 6.70. The summed E-state index contributed by atoms with van der Waals surface area (Å²) in [4.78, 5) is 0. The van der Waals surface area contributed by atoms with Gasteiger partial charge in [-0.3, -0.25) is 0 Å². The first-order chi connectivity index (χ1) is 6.40. The van der Waals surface area contributed by atoms with Gasteiger partial charge < -0.3 is 5.11 Å². The summed E-state index contributed by atoms with van der Waals surface area (Å²) < 4.78 is 50.7. The highest BCUT2D eigenvalue weighted by atomic mass is 79.9. The van der Waals surface area contributed by atoms with Crippen LogP contribution in [0.4, 0.5) is 17.6 Å². The SMILES string of the molecule is OCC(F)(F)c1ccc(F)c(Br)c1F. The molecule has 0 saturated carbocycles. The summed E-state index contributed by atoms with van der Waals surface area (Å²) in [7, 11) is 0. The standard InChI is InChI=1S/C8H5BrF4O/c9-6-5(10)2-1-4(7(6)11)8(12,13)3-14/h1-2,14H,3H2. The van der Waals surface area contributed by atoms with Gasteiger partial charge in [-0.15, -0.1) is 0 Å². The highest BCUT2D eigenvalue weighted by Gasteiger charge is 2.35. The van der Waals surface area contributed by atoms with Gasteiger partial charge in [0.2, 0.25) is 0 Å². The van der Waals surface area contributed by atoms with E-state index in [1.54, 1.807) is 0 Å². The highest BCUT2D eigenvalue weighted by molar-refractivity contribution is 9.10. The van der Waals surface area contributed by atoms with Gasteiger partial charge in [-0.2, -0.15) is 8.78 Å². The third kappa shape index (κ3) is 1.90. The van der Waals surface area contributed by atoms with Gasteiger partial charge in [0.15, 0.2) is 0 Å². The third-order valence-corrected chi connectivity index (χ3v) is 2.35. The Morgan fingerprint density at radius 2 is 1.86 bits per heavy atom. The molecule has 1 nitrogen and oxygen atoms in total. The Kier molecular flexibility index (Phi) is 3.16. The lowest BCUT2D eigenvalue weighted by molar-refractivity contribution is -0.0584. The van der Waals surface area contributed by atoms with Crippen LogP contribution < -0.4 is 0 Å². The van der Waals surface area contributed by atoms with Crippen molar-refractivity contribution < 1.29 is 22.7 Å². The van der Waals surface area contributed by atoms with E-state index in [4.69, 9.17) is 5.11 Å². The van der Waals surface area contributed by atoms with Gasteiger partial charge in [-0.05, 0) is 28.1 Å². The van der Waals surface area contributed by atoms with Crippen LogP contribution in [0.2, 0.25) is 0 Å². The minimum atomic E-state index is -3.71. The number of benzene rings is 1. The molecule has 0 amide bonds. The molecule has 0 aliphatic heterocycles. The molecule has 0 heterocycles. The topological polar surface area (TPSA) is 20.2 Å². The first-order valence-corrected chi connectivity index (χ1v) is 4.32. The zero-order valence-corrected chi connectivity index (χ0v) is 8.28. The lowest BCUT2D eigenvalue weighted by Crippen LogP contribution is -2.20. The number of rotatable bonds is 2. The predicted octanol–water partition coefficient (Wildman–Crippen LogP) is 2.81. The average Bonchev–Trinajstić information content (AvgIpc) is 2.14. The van der Waals surface area contributed by atoms with E-state index in [2.05, 4.69) is 15.9 Å². The zero-order chi connectivity index (χ0) is 10.9. The normalized spacial score (nSPS) is 11.9. The van der Waals surface area contributed by atoms with Crippen molar-refractivity contribution in [3.63, 3.8) is 0 Å². The summed E-state index contributed by atoms with van der Waals surface area (Å²) in [6, 6.07) is 1.30. The van der Waals surface area contributed by atoms with Crippen LogP contribution in [0.25, 0.3) is 0 Å². The number of aliphatic hydroxyl groups is 1. The van der Waals surface area contributed by atoms with Crippen molar-refractivity contribution in [3.8, 4) is 0 Å². The molecule has 0 unspecified atom stereocenters. The van der Waals surface area contributed by atoms with E-state index >= 15 is 0 Å². The largest absolute Gasteiger partial charge is 0.390 e. The predicted molar refractivity (Wildman–Crippen MR) is 45.0 cm³/mol. The smallest absolute Gasteiger partial charge is 0.298 e. The van der Waals surface area contributed by atoms with Crippen molar-refractivity contribution in [2.45, 2.75) is 5.92 Å². The lowest BCUT2D eigenvalue weighted by atomic mass is 10.1. The molecule has 0 atom stereocenters. The van der Waals surface area contributed by atoms with Crippen LogP contribution >= 0.6 is 15.9 Å². The Morgan fingerprint density at radius 1 is 1.29 bits per heavy atom. The first kappa shape index (κ1) is 11.5. The number of halogens is 5. The van der Waals surface area contributed by atoms with E-state index in [1.807, 2.05) is 0 Å². The molecule has 14 heavy (non-hydrogen) atoms. The van der Waals surface area contributed by atoms with E-state index in [9.17, 15) is 17.6 Å². The minimum absolute atomic E-state index is 0.603. The molecule has 0 fully saturated rings. The average molecular weight is 273 g/mol. The Morgan fingerprint density at radius 3 is 2.36 bits per heavy atom. The Hall–Kier alpha value is -0.620. The quantitative estimate of drug-likeness (QED) is 0.649. The number of hydrogen-bond acceptors (Lipinski definition) is 1. The maximum atomic E-state index is 13.1. The summed E-state index contributed by atoms with van der Waals surface area (Å²) in [5.74, 6) is -6.08. The molecule has 1 N–H and O–H groups in total.